The van der Waals surface area contributed by atoms with Crippen molar-refractivity contribution in [2.75, 3.05) is 10.6 Å². The molecule has 7 nitrogen and oxygen atoms in total. The molecule has 0 bridgehead atoms. The summed E-state index contributed by atoms with van der Waals surface area (Å²) in [5.74, 6) is -0.778. The van der Waals surface area contributed by atoms with E-state index in [2.05, 4.69) is 15.6 Å². The number of carbonyl (C=O) groups excluding carboxylic acids is 2. The third-order valence-corrected chi connectivity index (χ3v) is 7.03. The molecule has 0 atom stereocenters. The van der Waals surface area contributed by atoms with Gasteiger partial charge in [0.2, 0.25) is 5.91 Å². The van der Waals surface area contributed by atoms with Gasteiger partial charge in [0, 0.05) is 10.7 Å². The van der Waals surface area contributed by atoms with Gasteiger partial charge < -0.3 is 10.6 Å². The number of nitrogens with zero attached hydrogens (tertiary/aromatic N) is 2. The molecule has 4 aromatic rings. The predicted molar refractivity (Wildman–Crippen MR) is 138 cm³/mol. The van der Waals surface area contributed by atoms with Gasteiger partial charge >= 0.3 is 0 Å². The molecule has 0 aliphatic rings. The number of aryl methyl sites for hydroxylation is 3. The van der Waals surface area contributed by atoms with Crippen molar-refractivity contribution in [2.45, 2.75) is 27.3 Å². The maximum Gasteiger partial charge on any atom is 0.266 e. The van der Waals surface area contributed by atoms with Crippen LogP contribution in [0.5, 0.6) is 0 Å². The molecule has 2 amide bonds. The van der Waals surface area contributed by atoms with Gasteiger partial charge in [-0.25, -0.2) is 4.98 Å². The lowest BCUT2D eigenvalue weighted by Gasteiger charge is -2.09. The van der Waals surface area contributed by atoms with Crippen molar-refractivity contribution in [1.82, 2.24) is 9.55 Å². The van der Waals surface area contributed by atoms with E-state index in [0.29, 0.717) is 42.1 Å². The first-order valence-electron chi connectivity index (χ1n) is 10.3. The second kappa shape index (κ2) is 9.58. The maximum absolute atomic E-state index is 13.1. The summed E-state index contributed by atoms with van der Waals surface area (Å²) in [6.45, 7) is 5.33. The predicted octanol–water partition coefficient (Wildman–Crippen LogP) is 5.58. The molecule has 0 radical (unpaired) electrons. The highest BCUT2D eigenvalue weighted by molar-refractivity contribution is 7.20. The Labute approximate surface area is 209 Å². The highest BCUT2D eigenvalue weighted by atomic mass is 35.5. The Balaban J connectivity index is 1.59. The third-order valence-electron chi connectivity index (χ3n) is 5.27. The Morgan fingerprint density at radius 1 is 1.03 bits per heavy atom. The Hall–Kier alpha value is -3.20. The first-order chi connectivity index (χ1) is 16.1. The topological polar surface area (TPSA) is 93.1 Å². The molecule has 0 saturated heterocycles. The molecule has 2 aromatic heterocycles. The molecule has 2 aromatic carbocycles. The van der Waals surface area contributed by atoms with Crippen molar-refractivity contribution >= 4 is 67.9 Å². The fraction of sp³-hybridized carbons (Fsp3) is 0.167. The number of amides is 2. The van der Waals surface area contributed by atoms with Crippen LogP contribution in [0.4, 0.5) is 11.4 Å². The van der Waals surface area contributed by atoms with Crippen LogP contribution in [-0.2, 0) is 11.3 Å². The van der Waals surface area contributed by atoms with Crippen LogP contribution in [0.25, 0.3) is 10.2 Å². The fourth-order valence-corrected chi connectivity index (χ4v) is 4.93. The van der Waals surface area contributed by atoms with Crippen LogP contribution in [0, 0.1) is 20.8 Å². The average Bonchev–Trinajstić information content (AvgIpc) is 3.12. The Morgan fingerprint density at radius 2 is 1.79 bits per heavy atom. The molecule has 0 spiro atoms. The molecule has 0 unspecified atom stereocenters. The molecule has 0 saturated carbocycles. The van der Waals surface area contributed by atoms with Crippen molar-refractivity contribution < 1.29 is 9.59 Å². The van der Waals surface area contributed by atoms with E-state index >= 15 is 0 Å². The smallest absolute Gasteiger partial charge is 0.266 e. The average molecular weight is 515 g/mol. The second-order valence-corrected chi connectivity index (χ2v) is 9.70. The van der Waals surface area contributed by atoms with Gasteiger partial charge in [0.1, 0.15) is 11.4 Å². The number of hydrogen-bond acceptors (Lipinski definition) is 5. The van der Waals surface area contributed by atoms with Crippen molar-refractivity contribution in [1.29, 1.82) is 0 Å². The number of fused-ring (bicyclic) bond motifs is 1. The van der Waals surface area contributed by atoms with E-state index in [1.54, 1.807) is 19.1 Å². The Bertz CT molecular complexity index is 1510. The van der Waals surface area contributed by atoms with Gasteiger partial charge in [-0.1, -0.05) is 40.9 Å². The molecular weight excluding hydrogens is 495 g/mol. The summed E-state index contributed by atoms with van der Waals surface area (Å²) in [6.07, 6.45) is 1.30. The van der Waals surface area contributed by atoms with Gasteiger partial charge in [0.05, 0.1) is 27.3 Å². The van der Waals surface area contributed by atoms with Gasteiger partial charge in [-0.15, -0.1) is 11.3 Å². The first-order valence-corrected chi connectivity index (χ1v) is 11.8. The van der Waals surface area contributed by atoms with Crippen molar-refractivity contribution in [3.05, 3.63) is 84.7 Å². The standard InChI is InChI=1S/C24H20Cl2N4O3S/c1-12-4-7-17(13(2)8-12)29-22(32)21-14(3)20-23(34-21)27-11-30(24(20)33)10-19(31)28-18-9-15(25)5-6-16(18)26/h4-9,11H,10H2,1-3H3,(H,28,31)(H,29,32). The quantitative estimate of drug-likeness (QED) is 0.363. The van der Waals surface area contributed by atoms with E-state index in [4.69, 9.17) is 23.2 Å². The number of anilines is 2. The summed E-state index contributed by atoms with van der Waals surface area (Å²) < 4.78 is 1.20. The molecule has 2 N–H and O–H groups in total. The summed E-state index contributed by atoms with van der Waals surface area (Å²) in [5, 5.41) is 6.61. The number of nitrogens with one attached hydrogen (secondary N) is 2. The lowest BCUT2D eigenvalue weighted by Crippen LogP contribution is -2.28. The highest BCUT2D eigenvalue weighted by Crippen LogP contribution is 2.29. The zero-order valence-electron chi connectivity index (χ0n) is 18.5. The first kappa shape index (κ1) is 23.9. The van der Waals surface area contributed by atoms with Crippen molar-refractivity contribution in [3.8, 4) is 0 Å². The molecule has 174 valence electrons. The molecule has 0 fully saturated rings. The van der Waals surface area contributed by atoms with Gasteiger partial charge in [0.25, 0.3) is 11.5 Å². The zero-order valence-corrected chi connectivity index (χ0v) is 20.9. The van der Waals surface area contributed by atoms with Crippen molar-refractivity contribution in [2.24, 2.45) is 0 Å². The summed E-state index contributed by atoms with van der Waals surface area (Å²) in [6, 6.07) is 10.4. The van der Waals surface area contributed by atoms with Gasteiger partial charge in [-0.05, 0) is 56.2 Å². The Kier molecular flexibility index (Phi) is 6.74. The van der Waals surface area contributed by atoms with Crippen LogP contribution in [0.1, 0.15) is 26.4 Å². The highest BCUT2D eigenvalue weighted by Gasteiger charge is 2.21. The molecule has 4 rings (SSSR count). The van der Waals surface area contributed by atoms with Crippen LogP contribution >= 0.6 is 34.5 Å². The third kappa shape index (κ3) is 4.84. The minimum atomic E-state index is -0.465. The number of aromatic nitrogens is 2. The van der Waals surface area contributed by atoms with Gasteiger partial charge in [-0.2, -0.15) is 0 Å². The largest absolute Gasteiger partial charge is 0.323 e. The maximum atomic E-state index is 13.1. The van der Waals surface area contributed by atoms with Crippen LogP contribution in [-0.4, -0.2) is 21.4 Å². The second-order valence-electron chi connectivity index (χ2n) is 7.86. The minimum Gasteiger partial charge on any atom is -0.323 e. The number of thiophene rings is 1. The summed E-state index contributed by atoms with van der Waals surface area (Å²) in [4.78, 5) is 43.7. The van der Waals surface area contributed by atoms with Gasteiger partial charge in [-0.3, -0.25) is 19.0 Å². The number of rotatable bonds is 5. The molecule has 2 heterocycles. The zero-order chi connectivity index (χ0) is 24.6. The van der Waals surface area contributed by atoms with Crippen LogP contribution in [0.2, 0.25) is 10.0 Å². The van der Waals surface area contributed by atoms with E-state index in [-0.39, 0.29) is 12.5 Å². The monoisotopic (exact) mass is 514 g/mol. The molecule has 10 heteroatoms. The lowest BCUT2D eigenvalue weighted by atomic mass is 10.1. The van der Waals surface area contributed by atoms with E-state index < -0.39 is 11.5 Å². The number of hydrogen-bond donors (Lipinski definition) is 2. The lowest BCUT2D eigenvalue weighted by molar-refractivity contribution is -0.116. The number of carbonyl (C=O) groups is 2. The van der Waals surface area contributed by atoms with E-state index in [1.165, 1.54) is 17.0 Å². The van der Waals surface area contributed by atoms with Crippen LogP contribution in [0.3, 0.4) is 0 Å². The summed E-state index contributed by atoms with van der Waals surface area (Å²) in [5.41, 5.74) is 3.20. The van der Waals surface area contributed by atoms with Crippen LogP contribution in [0.15, 0.2) is 47.5 Å². The molecule has 0 aliphatic heterocycles. The Morgan fingerprint density at radius 3 is 2.53 bits per heavy atom. The summed E-state index contributed by atoms with van der Waals surface area (Å²) in [7, 11) is 0. The fourth-order valence-electron chi connectivity index (χ4n) is 3.56. The molecule has 34 heavy (non-hydrogen) atoms. The number of halogens is 2. The molecule has 0 aliphatic carbocycles. The van der Waals surface area contributed by atoms with E-state index in [0.717, 1.165) is 22.5 Å². The van der Waals surface area contributed by atoms with E-state index in [9.17, 15) is 14.4 Å². The SMILES string of the molecule is Cc1ccc(NC(=O)c2sc3ncn(CC(=O)Nc4cc(Cl)ccc4Cl)c(=O)c3c2C)c(C)c1. The number of benzene rings is 2. The van der Waals surface area contributed by atoms with E-state index in [1.807, 2.05) is 32.0 Å². The van der Waals surface area contributed by atoms with Gasteiger partial charge in [0.15, 0.2) is 0 Å². The van der Waals surface area contributed by atoms with Crippen LogP contribution < -0.4 is 16.2 Å². The molecular formula is C24H20Cl2N4O3S. The minimum absolute atomic E-state index is 0.274. The summed E-state index contributed by atoms with van der Waals surface area (Å²) >= 11 is 13.2. The van der Waals surface area contributed by atoms with Crippen molar-refractivity contribution in [3.63, 3.8) is 0 Å². The normalized spacial score (nSPS) is 11.0.